The first-order valence-electron chi connectivity index (χ1n) is 11.4. The fourth-order valence-corrected chi connectivity index (χ4v) is 5.87. The predicted molar refractivity (Wildman–Crippen MR) is 132 cm³/mol. The summed E-state index contributed by atoms with van der Waals surface area (Å²) in [6.45, 7) is 0. The highest BCUT2D eigenvalue weighted by atomic mass is 35.5. The van der Waals surface area contributed by atoms with Crippen LogP contribution in [0.15, 0.2) is 79.0 Å². The van der Waals surface area contributed by atoms with E-state index in [4.69, 9.17) is 16.3 Å². The van der Waals surface area contributed by atoms with Gasteiger partial charge in [-0.1, -0.05) is 48.0 Å². The Hall–Kier alpha value is -3.90. The van der Waals surface area contributed by atoms with Crippen molar-refractivity contribution < 1.29 is 19.1 Å². The molecule has 6 nitrogen and oxygen atoms in total. The average Bonchev–Trinajstić information content (AvgIpc) is 3.36. The number of hydrogen-bond donors (Lipinski definition) is 0. The van der Waals surface area contributed by atoms with Crippen molar-refractivity contribution in [2.45, 2.75) is 12.1 Å². The van der Waals surface area contributed by atoms with Gasteiger partial charge in [0.1, 0.15) is 11.8 Å². The Morgan fingerprint density at radius 2 is 1.57 bits per heavy atom. The molecule has 0 unspecified atom stereocenters. The van der Waals surface area contributed by atoms with Crippen LogP contribution in [0.2, 0.25) is 5.02 Å². The third-order valence-electron chi connectivity index (χ3n) is 7.20. The number of ether oxygens (including phenoxy) is 1. The van der Waals surface area contributed by atoms with Gasteiger partial charge in [0.05, 0.1) is 35.7 Å². The molecule has 3 aromatic carbocycles. The topological polar surface area (TPSA) is 66.9 Å². The fraction of sp³-hybridized carbons (Fsp3) is 0.179. The first kappa shape index (κ1) is 21.6. The summed E-state index contributed by atoms with van der Waals surface area (Å²) in [5, 5.41) is 0.313. The number of anilines is 1. The van der Waals surface area contributed by atoms with Gasteiger partial charge in [0.25, 0.3) is 0 Å². The van der Waals surface area contributed by atoms with Crippen molar-refractivity contribution in [2.24, 2.45) is 11.8 Å². The van der Waals surface area contributed by atoms with E-state index in [1.807, 2.05) is 41.4 Å². The molecule has 0 aromatic heterocycles. The molecule has 6 rings (SSSR count). The number of Topliss-reactive ketones (excluding diaryl/α,β-unsaturated/α-hetero) is 1. The second-order valence-electron chi connectivity index (χ2n) is 8.89. The number of methoxy groups -OCH3 is 1. The number of nitrogens with zero attached hydrogens (tertiary/aromatic N) is 2. The van der Waals surface area contributed by atoms with Gasteiger partial charge in [0.2, 0.25) is 11.8 Å². The monoisotopic (exact) mass is 484 g/mol. The SMILES string of the molecule is COc1ccc(C(=O)[C@@H]2[C@@H]3C(=O)N(c4ccccc4Cl)C(=O)[C@@H]3[C@@H]3c4ccccc4C=CN23)cc1. The molecule has 3 aliphatic rings. The van der Waals surface area contributed by atoms with Gasteiger partial charge < -0.3 is 9.64 Å². The zero-order valence-electron chi connectivity index (χ0n) is 18.8. The summed E-state index contributed by atoms with van der Waals surface area (Å²) < 4.78 is 5.22. The molecule has 0 bridgehead atoms. The number of imide groups is 1. The zero-order chi connectivity index (χ0) is 24.3. The minimum atomic E-state index is -0.839. The molecule has 4 atom stereocenters. The summed E-state index contributed by atoms with van der Waals surface area (Å²) in [4.78, 5) is 44.7. The summed E-state index contributed by atoms with van der Waals surface area (Å²) in [6, 6.07) is 20.1. The molecule has 35 heavy (non-hydrogen) atoms. The summed E-state index contributed by atoms with van der Waals surface area (Å²) in [5.74, 6) is -1.87. The van der Waals surface area contributed by atoms with E-state index in [1.165, 1.54) is 4.90 Å². The molecular weight excluding hydrogens is 464 g/mol. The number of halogens is 1. The summed E-state index contributed by atoms with van der Waals surface area (Å²) >= 11 is 6.39. The lowest BCUT2D eigenvalue weighted by Gasteiger charge is -2.35. The van der Waals surface area contributed by atoms with Crippen molar-refractivity contribution in [1.29, 1.82) is 0 Å². The van der Waals surface area contributed by atoms with Crippen LogP contribution in [-0.2, 0) is 9.59 Å². The second kappa shape index (κ2) is 8.10. The van der Waals surface area contributed by atoms with Gasteiger partial charge in [0, 0.05) is 11.8 Å². The highest BCUT2D eigenvalue weighted by Gasteiger charge is 2.64. The average molecular weight is 485 g/mol. The van der Waals surface area contributed by atoms with Crippen LogP contribution in [0.4, 0.5) is 5.69 Å². The van der Waals surface area contributed by atoms with E-state index in [9.17, 15) is 14.4 Å². The molecule has 174 valence electrons. The maximum absolute atomic E-state index is 13.9. The van der Waals surface area contributed by atoms with Crippen molar-refractivity contribution in [3.8, 4) is 5.75 Å². The number of para-hydroxylation sites is 1. The number of fused-ring (bicyclic) bond motifs is 5. The highest BCUT2D eigenvalue weighted by Crippen LogP contribution is 2.54. The Balaban J connectivity index is 1.49. The lowest BCUT2D eigenvalue weighted by Crippen LogP contribution is -2.44. The molecule has 0 radical (unpaired) electrons. The van der Waals surface area contributed by atoms with E-state index in [1.54, 1.807) is 55.6 Å². The van der Waals surface area contributed by atoms with Crippen molar-refractivity contribution in [2.75, 3.05) is 12.0 Å². The van der Waals surface area contributed by atoms with Crippen molar-refractivity contribution in [3.05, 3.63) is 101 Å². The lowest BCUT2D eigenvalue weighted by atomic mass is 9.83. The predicted octanol–water partition coefficient (Wildman–Crippen LogP) is 4.75. The third-order valence-corrected chi connectivity index (χ3v) is 7.52. The van der Waals surface area contributed by atoms with Crippen molar-refractivity contribution >= 4 is 41.0 Å². The first-order chi connectivity index (χ1) is 17.0. The van der Waals surface area contributed by atoms with Gasteiger partial charge in [-0.15, -0.1) is 0 Å². The summed E-state index contributed by atoms with van der Waals surface area (Å²) in [7, 11) is 1.56. The van der Waals surface area contributed by atoms with Gasteiger partial charge >= 0.3 is 0 Å². The standard InChI is InChI=1S/C28H21ClN2O4/c1-35-18-12-10-17(11-13-18)26(32)25-23-22(24-19-7-3-2-6-16(19)14-15-30(24)25)27(33)31(28(23)34)21-9-5-4-8-20(21)29/h2-15,22-25H,1H3/t22-,23+,24-,25-/m0/s1. The Morgan fingerprint density at radius 3 is 2.31 bits per heavy atom. The van der Waals surface area contributed by atoms with Gasteiger partial charge in [-0.3, -0.25) is 14.4 Å². The van der Waals surface area contributed by atoms with Crippen LogP contribution >= 0.6 is 11.6 Å². The molecule has 2 fully saturated rings. The lowest BCUT2D eigenvalue weighted by molar-refractivity contribution is -0.123. The molecule has 0 saturated carbocycles. The number of hydrogen-bond acceptors (Lipinski definition) is 5. The maximum atomic E-state index is 13.9. The first-order valence-corrected chi connectivity index (χ1v) is 11.7. The molecule has 0 spiro atoms. The minimum absolute atomic E-state index is 0.212. The highest BCUT2D eigenvalue weighted by molar-refractivity contribution is 6.36. The molecule has 3 aliphatic heterocycles. The van der Waals surface area contributed by atoms with Gasteiger partial charge in [-0.25, -0.2) is 4.90 Å². The van der Waals surface area contributed by atoms with Crippen LogP contribution in [0.3, 0.4) is 0 Å². The van der Waals surface area contributed by atoms with E-state index in [0.29, 0.717) is 22.0 Å². The van der Waals surface area contributed by atoms with E-state index in [0.717, 1.165) is 11.1 Å². The summed E-state index contributed by atoms with van der Waals surface area (Å²) in [6.07, 6.45) is 3.78. The Morgan fingerprint density at radius 1 is 0.886 bits per heavy atom. The molecular formula is C28H21ClN2O4. The van der Waals surface area contributed by atoms with Gasteiger partial charge in [-0.05, 0) is 53.6 Å². The zero-order valence-corrected chi connectivity index (χ0v) is 19.6. The molecule has 3 heterocycles. The maximum Gasteiger partial charge on any atom is 0.240 e. The van der Waals surface area contributed by atoms with E-state index in [2.05, 4.69) is 0 Å². The van der Waals surface area contributed by atoms with Crippen LogP contribution in [0.5, 0.6) is 5.75 Å². The van der Waals surface area contributed by atoms with E-state index in [-0.39, 0.29) is 11.7 Å². The number of benzene rings is 3. The van der Waals surface area contributed by atoms with Crippen LogP contribution < -0.4 is 9.64 Å². The van der Waals surface area contributed by atoms with Crippen LogP contribution in [0.25, 0.3) is 6.08 Å². The Kier molecular flexibility index (Phi) is 5.00. The van der Waals surface area contributed by atoms with E-state index >= 15 is 0 Å². The van der Waals surface area contributed by atoms with Crippen LogP contribution in [0, 0.1) is 11.8 Å². The normalized spacial score (nSPS) is 24.3. The molecule has 2 amide bonds. The van der Waals surface area contributed by atoms with E-state index < -0.39 is 29.8 Å². The fourth-order valence-electron chi connectivity index (χ4n) is 5.65. The van der Waals surface area contributed by atoms with Gasteiger partial charge in [-0.2, -0.15) is 0 Å². The Labute approximate surface area is 207 Å². The number of carbonyl (C=O) groups excluding carboxylic acids is 3. The quantitative estimate of drug-likeness (QED) is 0.395. The molecule has 0 N–H and O–H groups in total. The number of amides is 2. The largest absolute Gasteiger partial charge is 0.497 e. The van der Waals surface area contributed by atoms with Gasteiger partial charge in [0.15, 0.2) is 5.78 Å². The summed E-state index contributed by atoms with van der Waals surface area (Å²) in [5.41, 5.74) is 2.71. The Bertz CT molecular complexity index is 1400. The third kappa shape index (κ3) is 3.13. The smallest absolute Gasteiger partial charge is 0.240 e. The van der Waals surface area contributed by atoms with Crippen LogP contribution in [-0.4, -0.2) is 35.6 Å². The number of rotatable bonds is 4. The number of carbonyl (C=O) groups is 3. The number of ketones is 1. The van der Waals surface area contributed by atoms with Crippen LogP contribution in [0.1, 0.15) is 27.5 Å². The molecule has 2 saturated heterocycles. The van der Waals surface area contributed by atoms with Crippen molar-refractivity contribution in [1.82, 2.24) is 4.90 Å². The molecule has 7 heteroatoms. The minimum Gasteiger partial charge on any atom is -0.497 e. The van der Waals surface area contributed by atoms with Crippen molar-refractivity contribution in [3.63, 3.8) is 0 Å². The molecule has 0 aliphatic carbocycles. The second-order valence-corrected chi connectivity index (χ2v) is 9.30. The molecule has 3 aromatic rings.